The van der Waals surface area contributed by atoms with Crippen LogP contribution in [0.5, 0.6) is 0 Å². The summed E-state index contributed by atoms with van der Waals surface area (Å²) < 4.78 is 0. The van der Waals surface area contributed by atoms with Gasteiger partial charge in [0.25, 0.3) is 0 Å². The number of carbonyl (C=O) groups is 1. The van der Waals surface area contributed by atoms with Crippen molar-refractivity contribution in [3.8, 4) is 0 Å². The Labute approximate surface area is 108 Å². The van der Waals surface area contributed by atoms with E-state index in [9.17, 15) is 4.79 Å². The maximum atomic E-state index is 11.7. The lowest BCUT2D eigenvalue weighted by Gasteiger charge is -2.20. The summed E-state index contributed by atoms with van der Waals surface area (Å²) in [5.41, 5.74) is 6.85. The van der Waals surface area contributed by atoms with Gasteiger partial charge in [-0.3, -0.25) is 15.2 Å². The SMILES string of the molecule is O=C(CC1CCCCC1)NNCc1ccncc1. The third-order valence-electron chi connectivity index (χ3n) is 3.47. The number of aromatic nitrogens is 1. The van der Waals surface area contributed by atoms with Gasteiger partial charge in [0.2, 0.25) is 5.91 Å². The second-order valence-electron chi connectivity index (χ2n) is 4.97. The molecule has 0 spiro atoms. The minimum Gasteiger partial charge on any atom is -0.291 e. The van der Waals surface area contributed by atoms with Crippen molar-refractivity contribution in [2.45, 2.75) is 45.1 Å². The lowest BCUT2D eigenvalue weighted by molar-refractivity contribution is -0.123. The molecule has 0 aliphatic heterocycles. The highest BCUT2D eigenvalue weighted by Gasteiger charge is 2.16. The molecular formula is C14H21N3O. The van der Waals surface area contributed by atoms with Gasteiger partial charge < -0.3 is 0 Å². The van der Waals surface area contributed by atoms with Crippen molar-refractivity contribution < 1.29 is 4.79 Å². The van der Waals surface area contributed by atoms with Crippen molar-refractivity contribution in [3.05, 3.63) is 30.1 Å². The van der Waals surface area contributed by atoms with Crippen LogP contribution in [0.2, 0.25) is 0 Å². The van der Waals surface area contributed by atoms with Crippen molar-refractivity contribution in [1.29, 1.82) is 0 Å². The van der Waals surface area contributed by atoms with Gasteiger partial charge in [-0.1, -0.05) is 19.3 Å². The molecule has 1 heterocycles. The summed E-state index contributed by atoms with van der Waals surface area (Å²) in [5.74, 6) is 0.692. The standard InChI is InChI=1S/C14H21N3O/c18-14(10-12-4-2-1-3-5-12)17-16-11-13-6-8-15-9-7-13/h6-9,12,16H,1-5,10-11H2,(H,17,18). The molecule has 0 radical (unpaired) electrons. The number of amides is 1. The Morgan fingerprint density at radius 1 is 1.22 bits per heavy atom. The molecule has 0 bridgehead atoms. The topological polar surface area (TPSA) is 54.0 Å². The first-order chi connectivity index (χ1) is 8.84. The average Bonchev–Trinajstić information content (AvgIpc) is 2.41. The van der Waals surface area contributed by atoms with E-state index in [0.717, 1.165) is 5.56 Å². The Bertz CT molecular complexity index is 361. The molecule has 1 aliphatic carbocycles. The Kier molecular flexibility index (Phi) is 5.15. The number of pyridine rings is 1. The summed E-state index contributed by atoms with van der Waals surface area (Å²) >= 11 is 0. The molecule has 98 valence electrons. The van der Waals surface area contributed by atoms with Crippen LogP contribution in [-0.2, 0) is 11.3 Å². The fraction of sp³-hybridized carbons (Fsp3) is 0.571. The first kappa shape index (κ1) is 13.0. The molecule has 0 aromatic carbocycles. The van der Waals surface area contributed by atoms with Crippen LogP contribution in [0.4, 0.5) is 0 Å². The van der Waals surface area contributed by atoms with Crippen molar-refractivity contribution in [2.24, 2.45) is 5.92 Å². The second kappa shape index (κ2) is 7.11. The highest BCUT2D eigenvalue weighted by atomic mass is 16.2. The molecule has 4 nitrogen and oxygen atoms in total. The third kappa shape index (κ3) is 4.45. The fourth-order valence-electron chi connectivity index (χ4n) is 2.45. The normalized spacial score (nSPS) is 16.4. The van der Waals surface area contributed by atoms with Crippen LogP contribution in [0.3, 0.4) is 0 Å². The maximum absolute atomic E-state index is 11.7. The van der Waals surface area contributed by atoms with Crippen molar-refractivity contribution >= 4 is 5.91 Å². The van der Waals surface area contributed by atoms with Gasteiger partial charge in [-0.05, 0) is 36.5 Å². The van der Waals surface area contributed by atoms with E-state index in [4.69, 9.17) is 0 Å². The molecule has 2 rings (SSSR count). The van der Waals surface area contributed by atoms with E-state index in [-0.39, 0.29) is 5.91 Å². The second-order valence-corrected chi connectivity index (χ2v) is 4.97. The number of hydrogen-bond acceptors (Lipinski definition) is 3. The van der Waals surface area contributed by atoms with E-state index in [2.05, 4.69) is 15.8 Å². The zero-order chi connectivity index (χ0) is 12.6. The Morgan fingerprint density at radius 2 is 1.94 bits per heavy atom. The van der Waals surface area contributed by atoms with Crippen LogP contribution in [0, 0.1) is 5.92 Å². The minimum atomic E-state index is 0.107. The van der Waals surface area contributed by atoms with Crippen LogP contribution < -0.4 is 10.9 Å². The fourth-order valence-corrected chi connectivity index (χ4v) is 2.45. The number of hydrogen-bond donors (Lipinski definition) is 2. The highest BCUT2D eigenvalue weighted by molar-refractivity contribution is 5.75. The molecule has 0 atom stereocenters. The Balaban J connectivity index is 1.62. The van der Waals surface area contributed by atoms with E-state index in [1.54, 1.807) is 12.4 Å². The van der Waals surface area contributed by atoms with Gasteiger partial charge in [-0.2, -0.15) is 0 Å². The Hall–Kier alpha value is -1.42. The molecule has 1 fully saturated rings. The number of rotatable bonds is 5. The first-order valence-electron chi connectivity index (χ1n) is 6.75. The molecule has 1 saturated carbocycles. The van der Waals surface area contributed by atoms with Crippen LogP contribution in [0.15, 0.2) is 24.5 Å². The molecule has 1 aliphatic rings. The third-order valence-corrected chi connectivity index (χ3v) is 3.47. The number of carbonyl (C=O) groups excluding carboxylic acids is 1. The Morgan fingerprint density at radius 3 is 2.67 bits per heavy atom. The molecular weight excluding hydrogens is 226 g/mol. The lowest BCUT2D eigenvalue weighted by Crippen LogP contribution is -2.37. The quantitative estimate of drug-likeness (QED) is 0.784. The summed E-state index contributed by atoms with van der Waals surface area (Å²) in [5, 5.41) is 0. The molecule has 2 N–H and O–H groups in total. The summed E-state index contributed by atoms with van der Waals surface area (Å²) in [4.78, 5) is 15.7. The summed E-state index contributed by atoms with van der Waals surface area (Å²) in [6.07, 6.45) is 10.5. The summed E-state index contributed by atoms with van der Waals surface area (Å²) in [6.45, 7) is 0.638. The van der Waals surface area contributed by atoms with E-state index in [1.807, 2.05) is 12.1 Å². The largest absolute Gasteiger partial charge is 0.291 e. The van der Waals surface area contributed by atoms with Crippen molar-refractivity contribution in [1.82, 2.24) is 15.8 Å². The zero-order valence-electron chi connectivity index (χ0n) is 10.7. The minimum absolute atomic E-state index is 0.107. The van der Waals surface area contributed by atoms with Gasteiger partial charge in [0.15, 0.2) is 0 Å². The van der Waals surface area contributed by atoms with Gasteiger partial charge >= 0.3 is 0 Å². The maximum Gasteiger partial charge on any atom is 0.234 e. The van der Waals surface area contributed by atoms with Crippen LogP contribution in [0.25, 0.3) is 0 Å². The number of hydrazine groups is 1. The van der Waals surface area contributed by atoms with Crippen LogP contribution in [-0.4, -0.2) is 10.9 Å². The van der Waals surface area contributed by atoms with E-state index < -0.39 is 0 Å². The summed E-state index contributed by atoms with van der Waals surface area (Å²) in [6, 6.07) is 3.86. The monoisotopic (exact) mass is 247 g/mol. The number of nitrogens with one attached hydrogen (secondary N) is 2. The van der Waals surface area contributed by atoms with Crippen molar-refractivity contribution in [3.63, 3.8) is 0 Å². The molecule has 1 amide bonds. The summed E-state index contributed by atoms with van der Waals surface area (Å²) in [7, 11) is 0. The predicted octanol–water partition coefficient (Wildman–Crippen LogP) is 2.17. The van der Waals surface area contributed by atoms with Crippen molar-refractivity contribution in [2.75, 3.05) is 0 Å². The molecule has 0 unspecified atom stereocenters. The van der Waals surface area contributed by atoms with Gasteiger partial charge in [0, 0.05) is 25.4 Å². The van der Waals surface area contributed by atoms with Gasteiger partial charge in [-0.15, -0.1) is 0 Å². The number of nitrogens with zero attached hydrogens (tertiary/aromatic N) is 1. The van der Waals surface area contributed by atoms with Gasteiger partial charge in [0.05, 0.1) is 0 Å². The molecule has 0 saturated heterocycles. The first-order valence-corrected chi connectivity index (χ1v) is 6.75. The van der Waals surface area contributed by atoms with E-state index in [0.29, 0.717) is 18.9 Å². The molecule has 4 heteroatoms. The highest BCUT2D eigenvalue weighted by Crippen LogP contribution is 2.25. The lowest BCUT2D eigenvalue weighted by atomic mass is 9.87. The molecule has 1 aromatic heterocycles. The predicted molar refractivity (Wildman–Crippen MR) is 70.4 cm³/mol. The zero-order valence-corrected chi connectivity index (χ0v) is 10.7. The average molecular weight is 247 g/mol. The van der Waals surface area contributed by atoms with E-state index in [1.165, 1.54) is 32.1 Å². The van der Waals surface area contributed by atoms with Gasteiger partial charge in [0.1, 0.15) is 0 Å². The smallest absolute Gasteiger partial charge is 0.234 e. The van der Waals surface area contributed by atoms with Gasteiger partial charge in [-0.25, -0.2) is 5.43 Å². The molecule has 18 heavy (non-hydrogen) atoms. The molecule has 1 aromatic rings. The van der Waals surface area contributed by atoms with Crippen LogP contribution >= 0.6 is 0 Å². The van der Waals surface area contributed by atoms with E-state index >= 15 is 0 Å². The van der Waals surface area contributed by atoms with Crippen LogP contribution in [0.1, 0.15) is 44.1 Å².